The normalized spacial score (nSPS) is 9.78. The third-order valence-corrected chi connectivity index (χ3v) is 3.71. The highest BCUT2D eigenvalue weighted by atomic mass is 79.9. The highest BCUT2D eigenvalue weighted by Crippen LogP contribution is 2.10. The number of nitrogens with zero attached hydrogens (tertiary/aromatic N) is 1. The van der Waals surface area contributed by atoms with Crippen molar-refractivity contribution in [3.8, 4) is 6.07 Å². The van der Waals surface area contributed by atoms with Gasteiger partial charge in [-0.05, 0) is 48.5 Å². The van der Waals surface area contributed by atoms with Crippen LogP contribution < -0.4 is 16.2 Å². The van der Waals surface area contributed by atoms with Crippen molar-refractivity contribution in [3.63, 3.8) is 0 Å². The summed E-state index contributed by atoms with van der Waals surface area (Å²) in [5, 5.41) is 11.3. The van der Waals surface area contributed by atoms with Crippen LogP contribution in [-0.2, 0) is 14.3 Å². The zero-order valence-corrected chi connectivity index (χ0v) is 15.6. The summed E-state index contributed by atoms with van der Waals surface area (Å²) in [6, 6.07) is 14.9. The number of rotatable bonds is 6. The van der Waals surface area contributed by atoms with Crippen LogP contribution in [0.1, 0.15) is 15.9 Å². The fraction of sp³-hybridized carbons (Fsp3) is 0.111. The molecule has 0 radical (unpaired) electrons. The first-order valence-corrected chi connectivity index (χ1v) is 8.50. The molecule has 0 aliphatic carbocycles. The highest BCUT2D eigenvalue weighted by molar-refractivity contribution is 9.10. The standard InChI is InChI=1S/C18H15BrN4O4/c19-14-5-3-13(4-6-14)18(26)23-22-17(25)11-27-10-16(24)21-15-7-1-12(9-20)2-8-15/h1-8H,10-11H2,(H,21,24)(H,22,25)(H,23,26). The second-order valence-electron chi connectivity index (χ2n) is 5.24. The van der Waals surface area contributed by atoms with Crippen molar-refractivity contribution in [2.24, 2.45) is 0 Å². The Balaban J connectivity index is 1.66. The van der Waals surface area contributed by atoms with Crippen molar-refractivity contribution >= 4 is 39.3 Å². The molecule has 3 N–H and O–H groups in total. The minimum absolute atomic E-state index is 0.339. The second kappa shape index (κ2) is 10.1. The molecule has 0 saturated heterocycles. The first kappa shape index (κ1) is 20.1. The third kappa shape index (κ3) is 6.89. The van der Waals surface area contributed by atoms with E-state index in [4.69, 9.17) is 10.00 Å². The summed E-state index contributed by atoms with van der Waals surface area (Å²) >= 11 is 3.26. The molecule has 2 aromatic carbocycles. The van der Waals surface area contributed by atoms with Gasteiger partial charge in [0.05, 0.1) is 11.6 Å². The average Bonchev–Trinajstić information content (AvgIpc) is 2.67. The van der Waals surface area contributed by atoms with Crippen LogP contribution in [0, 0.1) is 11.3 Å². The molecule has 9 heteroatoms. The van der Waals surface area contributed by atoms with Gasteiger partial charge in [-0.15, -0.1) is 0 Å². The number of hydrogen-bond donors (Lipinski definition) is 3. The summed E-state index contributed by atoms with van der Waals surface area (Å²) < 4.78 is 5.82. The van der Waals surface area contributed by atoms with Gasteiger partial charge in [0.25, 0.3) is 11.8 Å². The molecule has 138 valence electrons. The quantitative estimate of drug-likeness (QED) is 0.602. The molecule has 0 saturated carbocycles. The van der Waals surface area contributed by atoms with Crippen LogP contribution >= 0.6 is 15.9 Å². The van der Waals surface area contributed by atoms with Crippen molar-refractivity contribution in [2.75, 3.05) is 18.5 Å². The molecule has 0 atom stereocenters. The summed E-state index contributed by atoms with van der Waals surface area (Å²) in [6.45, 7) is -0.741. The lowest BCUT2D eigenvalue weighted by molar-refractivity contribution is -0.129. The number of carbonyl (C=O) groups is 3. The molecule has 2 rings (SSSR count). The Hall–Kier alpha value is -3.22. The predicted octanol–water partition coefficient (Wildman–Crippen LogP) is 1.74. The minimum atomic E-state index is -0.605. The first-order valence-electron chi connectivity index (χ1n) is 7.70. The van der Waals surface area contributed by atoms with Gasteiger partial charge in [-0.25, -0.2) is 0 Å². The van der Waals surface area contributed by atoms with E-state index in [2.05, 4.69) is 32.1 Å². The van der Waals surface area contributed by atoms with Crippen LogP contribution in [0.25, 0.3) is 0 Å². The van der Waals surface area contributed by atoms with Crippen molar-refractivity contribution in [1.82, 2.24) is 10.9 Å². The Morgan fingerprint density at radius 2 is 1.56 bits per heavy atom. The Labute approximate surface area is 163 Å². The van der Waals surface area contributed by atoms with Crippen LogP contribution in [0.5, 0.6) is 0 Å². The van der Waals surface area contributed by atoms with Crippen LogP contribution in [0.2, 0.25) is 0 Å². The zero-order valence-electron chi connectivity index (χ0n) is 14.0. The maximum Gasteiger partial charge on any atom is 0.269 e. The summed E-state index contributed by atoms with van der Waals surface area (Å²) in [5.41, 5.74) is 5.80. The van der Waals surface area contributed by atoms with Gasteiger partial charge >= 0.3 is 0 Å². The van der Waals surface area contributed by atoms with E-state index in [0.29, 0.717) is 16.8 Å². The largest absolute Gasteiger partial charge is 0.362 e. The van der Waals surface area contributed by atoms with Crippen LogP contribution in [0.3, 0.4) is 0 Å². The molecule has 3 amide bonds. The third-order valence-electron chi connectivity index (χ3n) is 3.19. The van der Waals surface area contributed by atoms with Gasteiger partial charge in [-0.2, -0.15) is 5.26 Å². The number of carbonyl (C=O) groups excluding carboxylic acids is 3. The van der Waals surface area contributed by atoms with Crippen molar-refractivity contribution in [1.29, 1.82) is 5.26 Å². The first-order chi connectivity index (χ1) is 13.0. The Morgan fingerprint density at radius 1 is 0.926 bits per heavy atom. The van der Waals surface area contributed by atoms with Gasteiger partial charge in [0.15, 0.2) is 0 Å². The molecule has 0 aliphatic rings. The maximum atomic E-state index is 11.8. The van der Waals surface area contributed by atoms with Gasteiger partial charge in [0.2, 0.25) is 5.91 Å². The Morgan fingerprint density at radius 3 is 2.19 bits per heavy atom. The Kier molecular flexibility index (Phi) is 7.49. The summed E-state index contributed by atoms with van der Waals surface area (Å²) in [6.07, 6.45) is 0. The molecular weight excluding hydrogens is 416 g/mol. The molecule has 8 nitrogen and oxygen atoms in total. The van der Waals surface area contributed by atoms with Gasteiger partial charge in [-0.3, -0.25) is 25.2 Å². The number of hydrazine groups is 1. The number of halogens is 1. The van der Waals surface area contributed by atoms with E-state index in [1.165, 1.54) is 0 Å². The van der Waals surface area contributed by atoms with Gasteiger partial charge in [0, 0.05) is 15.7 Å². The van der Waals surface area contributed by atoms with Crippen LogP contribution in [0.15, 0.2) is 53.0 Å². The van der Waals surface area contributed by atoms with Crippen molar-refractivity contribution in [3.05, 3.63) is 64.1 Å². The molecule has 2 aromatic rings. The molecule has 0 aliphatic heterocycles. The Bertz CT molecular complexity index is 860. The van der Waals surface area contributed by atoms with Crippen LogP contribution in [-0.4, -0.2) is 30.9 Å². The number of nitriles is 1. The monoisotopic (exact) mass is 430 g/mol. The van der Waals surface area contributed by atoms with Gasteiger partial charge < -0.3 is 10.1 Å². The van der Waals surface area contributed by atoms with Crippen LogP contribution in [0.4, 0.5) is 5.69 Å². The minimum Gasteiger partial charge on any atom is -0.362 e. The number of nitrogens with one attached hydrogen (secondary N) is 3. The van der Waals surface area contributed by atoms with E-state index < -0.39 is 24.3 Å². The average molecular weight is 431 g/mol. The maximum absolute atomic E-state index is 11.8. The SMILES string of the molecule is N#Cc1ccc(NC(=O)COCC(=O)NNC(=O)c2ccc(Br)cc2)cc1. The molecule has 0 heterocycles. The summed E-state index contributed by atoms with van der Waals surface area (Å²) in [7, 11) is 0. The lowest BCUT2D eigenvalue weighted by atomic mass is 10.2. The van der Waals surface area contributed by atoms with E-state index in [1.54, 1.807) is 48.5 Å². The molecule has 0 spiro atoms. The van der Waals surface area contributed by atoms with Crippen molar-refractivity contribution in [2.45, 2.75) is 0 Å². The number of amides is 3. The zero-order chi connectivity index (χ0) is 19.6. The summed E-state index contributed by atoms with van der Waals surface area (Å²) in [5.74, 6) is -1.53. The summed E-state index contributed by atoms with van der Waals surface area (Å²) in [4.78, 5) is 35.2. The number of anilines is 1. The van der Waals surface area contributed by atoms with E-state index in [9.17, 15) is 14.4 Å². The second-order valence-corrected chi connectivity index (χ2v) is 6.15. The number of benzene rings is 2. The van der Waals surface area contributed by atoms with Crippen molar-refractivity contribution < 1.29 is 19.1 Å². The predicted molar refractivity (Wildman–Crippen MR) is 100 cm³/mol. The molecule has 0 fully saturated rings. The molecule has 0 unspecified atom stereocenters. The topological polar surface area (TPSA) is 120 Å². The van der Waals surface area contributed by atoms with E-state index in [1.807, 2.05) is 6.07 Å². The molecule has 0 bridgehead atoms. The molecular formula is C18H15BrN4O4. The lowest BCUT2D eigenvalue weighted by Gasteiger charge is -2.08. The molecule has 27 heavy (non-hydrogen) atoms. The van der Waals surface area contributed by atoms with Gasteiger partial charge in [0.1, 0.15) is 13.2 Å². The highest BCUT2D eigenvalue weighted by Gasteiger charge is 2.09. The van der Waals surface area contributed by atoms with E-state index >= 15 is 0 Å². The smallest absolute Gasteiger partial charge is 0.269 e. The molecule has 0 aromatic heterocycles. The number of ether oxygens (including phenoxy) is 1. The van der Waals surface area contributed by atoms with E-state index in [0.717, 1.165) is 4.47 Å². The van der Waals surface area contributed by atoms with Gasteiger partial charge in [-0.1, -0.05) is 15.9 Å². The fourth-order valence-electron chi connectivity index (χ4n) is 1.90. The lowest BCUT2D eigenvalue weighted by Crippen LogP contribution is -2.43. The number of hydrogen-bond acceptors (Lipinski definition) is 5. The van der Waals surface area contributed by atoms with E-state index in [-0.39, 0.29) is 6.61 Å². The fourth-order valence-corrected chi connectivity index (χ4v) is 2.16.